The van der Waals surface area contributed by atoms with Crippen LogP contribution in [-0.2, 0) is 6.42 Å². The van der Waals surface area contributed by atoms with Gasteiger partial charge < -0.3 is 10.6 Å². The number of benzene rings is 1. The highest BCUT2D eigenvalue weighted by Crippen LogP contribution is 2.28. The predicted octanol–water partition coefficient (Wildman–Crippen LogP) is 7.30. The number of carbonyl (C=O) groups excluding carboxylic acids is 1. The van der Waals surface area contributed by atoms with Crippen LogP contribution in [0.1, 0.15) is 70.3 Å². The maximum Gasteiger partial charge on any atom is 0.171 e. The van der Waals surface area contributed by atoms with Gasteiger partial charge in [0.25, 0.3) is 0 Å². The molecule has 0 radical (unpaired) electrons. The Morgan fingerprint density at radius 3 is 2.57 bits per heavy atom. The Labute approximate surface area is 220 Å². The van der Waals surface area contributed by atoms with Crippen molar-refractivity contribution in [1.29, 1.82) is 0 Å². The quantitative estimate of drug-likeness (QED) is 0.187. The number of anilines is 1. The van der Waals surface area contributed by atoms with E-state index in [2.05, 4.69) is 27.5 Å². The zero-order chi connectivity index (χ0) is 27.5. The maximum atomic E-state index is 14.6. The van der Waals surface area contributed by atoms with Gasteiger partial charge in [0.05, 0.1) is 11.8 Å². The second kappa shape index (κ2) is 14.5. The van der Waals surface area contributed by atoms with Crippen LogP contribution in [0.5, 0.6) is 0 Å². The van der Waals surface area contributed by atoms with Crippen molar-refractivity contribution in [1.82, 2.24) is 5.32 Å². The molecule has 2 unspecified atom stereocenters. The highest BCUT2D eigenvalue weighted by atomic mass is 19.2. The molecule has 2 N–H and O–H groups in total. The van der Waals surface area contributed by atoms with Crippen LogP contribution in [0.25, 0.3) is 0 Å². The number of aryl methyl sites for hydroxylation is 1. The fraction of sp³-hybridized carbons (Fsp3) is 0.433. The van der Waals surface area contributed by atoms with Crippen LogP contribution in [0.15, 0.2) is 75.8 Å². The van der Waals surface area contributed by atoms with Crippen LogP contribution in [0, 0.1) is 5.92 Å². The average Bonchev–Trinajstić information content (AvgIpc) is 2.86. The van der Waals surface area contributed by atoms with Crippen molar-refractivity contribution in [2.75, 3.05) is 12.4 Å². The van der Waals surface area contributed by atoms with E-state index in [0.29, 0.717) is 29.5 Å². The summed E-state index contributed by atoms with van der Waals surface area (Å²) in [5.74, 6) is 0.155. The molecule has 37 heavy (non-hydrogen) atoms. The molecule has 0 aromatic heterocycles. The van der Waals surface area contributed by atoms with Crippen LogP contribution in [0.3, 0.4) is 0 Å². The van der Waals surface area contributed by atoms with Crippen molar-refractivity contribution in [2.45, 2.75) is 73.0 Å². The SMILES string of the molecule is C\C=C/N=C(Nc1ccc(C(=O)CC(C)C)c(CCC)c1)\C(C)=N\C=C(/C)C1=C(F)C(F)C(NC)C=C1. The lowest BCUT2D eigenvalue weighted by atomic mass is 9.94. The Bertz CT molecular complexity index is 1140. The number of hydrogen-bond acceptors (Lipinski definition) is 4. The van der Waals surface area contributed by atoms with Gasteiger partial charge in [0, 0.05) is 35.6 Å². The van der Waals surface area contributed by atoms with Gasteiger partial charge in [-0.2, -0.15) is 0 Å². The maximum absolute atomic E-state index is 14.6. The number of aliphatic imine (C=N–C) groups is 2. The second-order valence-corrected chi connectivity index (χ2v) is 9.59. The summed E-state index contributed by atoms with van der Waals surface area (Å²) in [5, 5.41) is 6.06. The molecule has 1 aromatic carbocycles. The van der Waals surface area contributed by atoms with Gasteiger partial charge in [0.2, 0.25) is 0 Å². The van der Waals surface area contributed by atoms with Crippen molar-refractivity contribution in [3.05, 3.63) is 76.9 Å². The highest BCUT2D eigenvalue weighted by molar-refractivity contribution is 6.45. The summed E-state index contributed by atoms with van der Waals surface area (Å²) in [6, 6.07) is 5.05. The van der Waals surface area contributed by atoms with E-state index in [0.717, 1.165) is 29.7 Å². The van der Waals surface area contributed by atoms with Crippen molar-refractivity contribution >= 4 is 23.0 Å². The first-order valence-corrected chi connectivity index (χ1v) is 12.9. The van der Waals surface area contributed by atoms with Gasteiger partial charge >= 0.3 is 0 Å². The number of carbonyl (C=O) groups is 1. The number of likely N-dealkylation sites (N-methyl/N-ethyl adjacent to an activating group) is 1. The van der Waals surface area contributed by atoms with E-state index in [1.165, 1.54) is 6.20 Å². The Morgan fingerprint density at radius 1 is 1.22 bits per heavy atom. The van der Waals surface area contributed by atoms with E-state index >= 15 is 0 Å². The van der Waals surface area contributed by atoms with Gasteiger partial charge in [0.15, 0.2) is 17.8 Å². The Balaban J connectivity index is 2.34. The van der Waals surface area contributed by atoms with Crippen molar-refractivity contribution in [3.63, 3.8) is 0 Å². The number of nitrogens with one attached hydrogen (secondary N) is 2. The minimum Gasteiger partial charge on any atom is -0.339 e. The number of amidine groups is 1. The molecule has 0 bridgehead atoms. The van der Waals surface area contributed by atoms with Gasteiger partial charge in [0.1, 0.15) is 5.83 Å². The van der Waals surface area contributed by atoms with E-state index in [9.17, 15) is 13.6 Å². The minimum absolute atomic E-state index is 0.154. The van der Waals surface area contributed by atoms with E-state index in [1.807, 2.05) is 39.0 Å². The molecular formula is C30H40F2N4O. The number of allylic oxidation sites excluding steroid dienone is 4. The van der Waals surface area contributed by atoms with Crippen LogP contribution >= 0.6 is 0 Å². The number of hydrogen-bond donors (Lipinski definition) is 2. The molecule has 1 aromatic rings. The van der Waals surface area contributed by atoms with Gasteiger partial charge in [-0.25, -0.2) is 13.8 Å². The van der Waals surface area contributed by atoms with Gasteiger partial charge in [-0.3, -0.25) is 9.79 Å². The Kier molecular flexibility index (Phi) is 11.8. The van der Waals surface area contributed by atoms with Crippen molar-refractivity contribution in [3.8, 4) is 0 Å². The third-order valence-corrected chi connectivity index (χ3v) is 5.97. The third-order valence-electron chi connectivity index (χ3n) is 5.97. The second-order valence-electron chi connectivity index (χ2n) is 9.59. The molecule has 7 heteroatoms. The van der Waals surface area contributed by atoms with Gasteiger partial charge in [-0.15, -0.1) is 0 Å². The molecule has 2 atom stereocenters. The van der Waals surface area contributed by atoms with Crippen LogP contribution in [0.4, 0.5) is 14.5 Å². The number of ketones is 1. The molecule has 0 heterocycles. The van der Waals surface area contributed by atoms with E-state index in [-0.39, 0.29) is 11.4 Å². The van der Waals surface area contributed by atoms with Crippen molar-refractivity contribution < 1.29 is 13.6 Å². The van der Waals surface area contributed by atoms with Gasteiger partial charge in [-0.05, 0) is 69.5 Å². The summed E-state index contributed by atoms with van der Waals surface area (Å²) < 4.78 is 28.9. The fourth-order valence-electron chi connectivity index (χ4n) is 3.97. The molecule has 0 saturated heterocycles. The molecule has 0 saturated carbocycles. The van der Waals surface area contributed by atoms with Gasteiger partial charge in [-0.1, -0.05) is 45.4 Å². The number of alkyl halides is 1. The molecule has 0 spiro atoms. The smallest absolute Gasteiger partial charge is 0.171 e. The summed E-state index contributed by atoms with van der Waals surface area (Å²) >= 11 is 0. The molecule has 0 amide bonds. The lowest BCUT2D eigenvalue weighted by Crippen LogP contribution is -2.35. The summed E-state index contributed by atoms with van der Waals surface area (Å²) in [4.78, 5) is 21.7. The number of nitrogens with zero attached hydrogens (tertiary/aromatic N) is 2. The van der Waals surface area contributed by atoms with Crippen LogP contribution < -0.4 is 10.6 Å². The lowest BCUT2D eigenvalue weighted by Gasteiger charge is -2.21. The van der Waals surface area contributed by atoms with E-state index in [1.54, 1.807) is 45.3 Å². The molecule has 5 nitrogen and oxygen atoms in total. The van der Waals surface area contributed by atoms with Crippen LogP contribution in [0.2, 0.25) is 0 Å². The number of Topliss-reactive ketones (excluding diaryl/α,β-unsaturated/α-hetero) is 1. The summed E-state index contributed by atoms with van der Waals surface area (Å²) in [5.41, 5.74) is 3.83. The Hall–Kier alpha value is -3.19. The Morgan fingerprint density at radius 2 is 1.95 bits per heavy atom. The summed E-state index contributed by atoms with van der Waals surface area (Å²) in [6.07, 6.45) is 8.66. The zero-order valence-corrected chi connectivity index (χ0v) is 23.0. The highest BCUT2D eigenvalue weighted by Gasteiger charge is 2.28. The molecule has 0 aliphatic heterocycles. The monoisotopic (exact) mass is 510 g/mol. The zero-order valence-electron chi connectivity index (χ0n) is 23.0. The third kappa shape index (κ3) is 8.42. The van der Waals surface area contributed by atoms with Crippen LogP contribution in [-0.4, -0.2) is 36.6 Å². The number of rotatable bonds is 11. The molecule has 0 fully saturated rings. The minimum atomic E-state index is -1.74. The van der Waals surface area contributed by atoms with E-state index in [4.69, 9.17) is 0 Å². The first-order valence-electron chi connectivity index (χ1n) is 12.9. The first kappa shape index (κ1) is 30.0. The average molecular weight is 511 g/mol. The molecule has 200 valence electrons. The lowest BCUT2D eigenvalue weighted by molar-refractivity contribution is 0.0967. The predicted molar refractivity (Wildman–Crippen MR) is 152 cm³/mol. The standard InChI is InChI=1S/C30H40F2N4O/c1-8-10-22-17-23(11-12-25(22)27(37)16-19(3)4)36-30(34-15-9-2)21(6)35-18-20(5)24-13-14-26(33-7)29(32)28(24)31/h9,11-15,17-19,26,29,33H,8,10,16H2,1-7H3,(H,34,36)/b15-9-,20-18+,35-21+. The summed E-state index contributed by atoms with van der Waals surface area (Å²) in [7, 11) is 1.59. The molecule has 1 aliphatic rings. The topological polar surface area (TPSA) is 65.8 Å². The molecule has 1 aliphatic carbocycles. The fourth-order valence-corrected chi connectivity index (χ4v) is 3.97. The van der Waals surface area contributed by atoms with Crippen molar-refractivity contribution in [2.24, 2.45) is 15.9 Å². The molecular weight excluding hydrogens is 470 g/mol. The molecule has 2 rings (SSSR count). The number of halogens is 2. The normalized spacial score (nSPS) is 19.4. The largest absolute Gasteiger partial charge is 0.339 e. The van der Waals surface area contributed by atoms with E-state index < -0.39 is 18.0 Å². The first-order chi connectivity index (χ1) is 17.6. The summed E-state index contributed by atoms with van der Waals surface area (Å²) in [6.45, 7) is 11.5.